The van der Waals surface area contributed by atoms with E-state index in [-0.39, 0.29) is 29.0 Å². The third-order valence-corrected chi connectivity index (χ3v) is 7.61. The highest BCUT2D eigenvalue weighted by Gasteiger charge is 2.33. The Morgan fingerprint density at radius 1 is 1.05 bits per heavy atom. The van der Waals surface area contributed by atoms with Crippen LogP contribution in [0.25, 0.3) is 6.08 Å². The van der Waals surface area contributed by atoms with Crippen LogP contribution in [0, 0.1) is 10.1 Å². The monoisotopic (exact) mass is 585 g/mol. The zero-order valence-electron chi connectivity index (χ0n) is 22.9. The van der Waals surface area contributed by atoms with Crippen molar-refractivity contribution < 1.29 is 23.9 Å². The van der Waals surface area contributed by atoms with Crippen molar-refractivity contribution in [1.82, 2.24) is 4.57 Å². The molecule has 42 heavy (non-hydrogen) atoms. The maximum absolute atomic E-state index is 13.8. The Morgan fingerprint density at radius 3 is 2.48 bits per heavy atom. The minimum absolute atomic E-state index is 0.0349. The molecular weight excluding hydrogens is 558 g/mol. The molecule has 0 saturated heterocycles. The zero-order valence-corrected chi connectivity index (χ0v) is 23.7. The van der Waals surface area contributed by atoms with E-state index in [1.54, 1.807) is 49.4 Å². The summed E-state index contributed by atoms with van der Waals surface area (Å²) in [5.74, 6) is 0.00648. The van der Waals surface area contributed by atoms with Gasteiger partial charge in [0.25, 0.3) is 11.2 Å². The third-order valence-electron chi connectivity index (χ3n) is 6.63. The minimum atomic E-state index is -0.840. The molecule has 1 aliphatic rings. The topological polar surface area (TPSA) is 122 Å². The lowest BCUT2D eigenvalue weighted by Gasteiger charge is -2.25. The van der Waals surface area contributed by atoms with Crippen LogP contribution in [0.3, 0.4) is 0 Å². The molecule has 214 valence electrons. The van der Waals surface area contributed by atoms with Gasteiger partial charge in [-0.05, 0) is 42.3 Å². The number of para-hydroxylation sites is 1. The fraction of sp³-hybridized carbons (Fsp3) is 0.194. The average molecular weight is 586 g/mol. The Kier molecular flexibility index (Phi) is 8.70. The predicted molar refractivity (Wildman–Crippen MR) is 157 cm³/mol. The molecule has 1 aliphatic heterocycles. The highest BCUT2D eigenvalue weighted by Crippen LogP contribution is 2.32. The summed E-state index contributed by atoms with van der Waals surface area (Å²) >= 11 is 1.10. The number of aromatic nitrogens is 1. The van der Waals surface area contributed by atoms with E-state index < -0.39 is 22.5 Å². The van der Waals surface area contributed by atoms with Crippen molar-refractivity contribution in [2.45, 2.75) is 19.6 Å². The maximum atomic E-state index is 13.8. The molecule has 4 aromatic rings. The number of fused-ring (bicyclic) bond motifs is 1. The molecule has 2 heterocycles. The number of carbonyl (C=O) groups is 1. The van der Waals surface area contributed by atoms with Crippen molar-refractivity contribution in [2.75, 3.05) is 20.3 Å². The molecule has 10 nitrogen and oxygen atoms in total. The van der Waals surface area contributed by atoms with Gasteiger partial charge in [0, 0.05) is 13.2 Å². The van der Waals surface area contributed by atoms with E-state index in [1.165, 1.54) is 23.8 Å². The van der Waals surface area contributed by atoms with Gasteiger partial charge in [-0.2, -0.15) is 0 Å². The maximum Gasteiger partial charge on any atom is 0.338 e. The first-order chi connectivity index (χ1) is 20.4. The van der Waals surface area contributed by atoms with Gasteiger partial charge in [-0.15, -0.1) is 0 Å². The van der Waals surface area contributed by atoms with E-state index in [0.29, 0.717) is 34.0 Å². The lowest BCUT2D eigenvalue weighted by Crippen LogP contribution is -2.40. The second kappa shape index (κ2) is 12.8. The molecule has 1 atom stereocenters. The predicted octanol–water partition coefficient (Wildman–Crippen LogP) is 3.91. The van der Waals surface area contributed by atoms with Crippen molar-refractivity contribution in [3.05, 3.63) is 137 Å². The third kappa shape index (κ3) is 6.07. The van der Waals surface area contributed by atoms with Crippen LogP contribution in [0.1, 0.15) is 29.7 Å². The molecule has 0 N–H and O–H groups in total. The molecule has 0 amide bonds. The molecule has 3 aromatic carbocycles. The van der Waals surface area contributed by atoms with Gasteiger partial charge < -0.3 is 14.2 Å². The van der Waals surface area contributed by atoms with Crippen molar-refractivity contribution in [3.8, 4) is 5.75 Å². The van der Waals surface area contributed by atoms with Crippen LogP contribution in [0.15, 0.2) is 99.9 Å². The van der Waals surface area contributed by atoms with Gasteiger partial charge in [-0.25, -0.2) is 9.79 Å². The number of carbonyl (C=O) groups excluding carboxylic acids is 1. The van der Waals surface area contributed by atoms with Crippen LogP contribution in [0.2, 0.25) is 0 Å². The number of esters is 1. The van der Waals surface area contributed by atoms with Crippen LogP contribution in [0.5, 0.6) is 5.75 Å². The quantitative estimate of drug-likeness (QED) is 0.120. The van der Waals surface area contributed by atoms with E-state index in [0.717, 1.165) is 16.9 Å². The molecule has 0 radical (unpaired) electrons. The number of ether oxygens (including phenoxy) is 3. The summed E-state index contributed by atoms with van der Waals surface area (Å²) in [4.78, 5) is 43.2. The molecule has 0 aliphatic carbocycles. The number of nitrogens with zero attached hydrogens (tertiary/aromatic N) is 3. The molecule has 11 heteroatoms. The van der Waals surface area contributed by atoms with Gasteiger partial charge in [-0.3, -0.25) is 19.5 Å². The van der Waals surface area contributed by atoms with Crippen LogP contribution in [-0.2, 0) is 20.9 Å². The number of nitro benzene ring substituents is 1. The van der Waals surface area contributed by atoms with E-state index in [9.17, 15) is 19.7 Å². The second-order valence-electron chi connectivity index (χ2n) is 9.37. The summed E-state index contributed by atoms with van der Waals surface area (Å²) in [6.07, 6.45) is 1.48. The van der Waals surface area contributed by atoms with Gasteiger partial charge in [0.15, 0.2) is 4.80 Å². The molecule has 0 spiro atoms. The molecule has 1 aromatic heterocycles. The van der Waals surface area contributed by atoms with Crippen LogP contribution in [0.4, 0.5) is 5.69 Å². The van der Waals surface area contributed by atoms with Crippen molar-refractivity contribution in [3.63, 3.8) is 0 Å². The standard InChI is InChI=1S/C31H27N3O7S/c1-20-27(30(36)40-17-16-39-2)28(22-12-14-24(15-13-22)41-19-21-8-4-3-5-9-21)33-29(35)26(42-31(33)32-20)18-23-10-6-7-11-25(23)34(37)38/h3-15,18,28H,16-17,19H2,1-2H3. The summed E-state index contributed by atoms with van der Waals surface area (Å²) in [5, 5.41) is 11.6. The first kappa shape index (κ1) is 28.7. The van der Waals surface area contributed by atoms with Crippen LogP contribution in [-0.4, -0.2) is 35.8 Å². The molecule has 0 bridgehead atoms. The van der Waals surface area contributed by atoms with Gasteiger partial charge in [-0.1, -0.05) is 65.9 Å². The first-order valence-electron chi connectivity index (χ1n) is 13.1. The Morgan fingerprint density at radius 2 is 1.76 bits per heavy atom. The lowest BCUT2D eigenvalue weighted by molar-refractivity contribution is -0.385. The summed E-state index contributed by atoms with van der Waals surface area (Å²) in [5.41, 5.74) is 2.03. The van der Waals surface area contributed by atoms with Crippen molar-refractivity contribution >= 4 is 29.1 Å². The van der Waals surface area contributed by atoms with Gasteiger partial charge in [0.2, 0.25) is 0 Å². The van der Waals surface area contributed by atoms with E-state index in [4.69, 9.17) is 14.2 Å². The van der Waals surface area contributed by atoms with Gasteiger partial charge in [0.1, 0.15) is 19.0 Å². The Bertz CT molecular complexity index is 1830. The summed E-state index contributed by atoms with van der Waals surface area (Å²) < 4.78 is 18.1. The average Bonchev–Trinajstić information content (AvgIpc) is 3.30. The van der Waals surface area contributed by atoms with Crippen LogP contribution >= 0.6 is 11.3 Å². The normalized spacial score (nSPS) is 14.7. The number of benzene rings is 3. The molecule has 0 saturated carbocycles. The number of rotatable bonds is 10. The minimum Gasteiger partial charge on any atom is -0.489 e. The Balaban J connectivity index is 1.57. The SMILES string of the molecule is COCCOC(=O)C1=C(C)N=c2sc(=Cc3ccccc3[N+](=O)[O-])c(=O)n2C1c1ccc(OCc2ccccc2)cc1. The summed E-state index contributed by atoms with van der Waals surface area (Å²) in [6.45, 7) is 2.33. The fourth-order valence-corrected chi connectivity index (χ4v) is 5.64. The van der Waals surface area contributed by atoms with Crippen molar-refractivity contribution in [2.24, 2.45) is 4.99 Å². The Hall–Kier alpha value is -4.87. The number of thiazole rings is 1. The lowest BCUT2D eigenvalue weighted by atomic mass is 9.96. The fourth-order valence-electron chi connectivity index (χ4n) is 4.60. The molecule has 1 unspecified atom stereocenters. The number of allylic oxidation sites excluding steroid dienone is 1. The number of nitro groups is 1. The highest BCUT2D eigenvalue weighted by atomic mass is 32.1. The smallest absolute Gasteiger partial charge is 0.338 e. The highest BCUT2D eigenvalue weighted by molar-refractivity contribution is 7.07. The Labute approximate surface area is 244 Å². The number of hydrogen-bond donors (Lipinski definition) is 0. The van der Waals surface area contributed by atoms with E-state index >= 15 is 0 Å². The molecule has 5 rings (SSSR count). The summed E-state index contributed by atoms with van der Waals surface area (Å²) in [7, 11) is 1.50. The number of methoxy groups -OCH3 is 1. The first-order valence-corrected chi connectivity index (χ1v) is 13.9. The molecular formula is C31H27N3O7S. The van der Waals surface area contributed by atoms with Crippen LogP contribution < -0.4 is 19.6 Å². The van der Waals surface area contributed by atoms with Gasteiger partial charge >= 0.3 is 5.97 Å². The number of hydrogen-bond acceptors (Lipinski definition) is 9. The van der Waals surface area contributed by atoms with Crippen molar-refractivity contribution in [1.29, 1.82) is 0 Å². The largest absolute Gasteiger partial charge is 0.489 e. The van der Waals surface area contributed by atoms with E-state index in [1.807, 2.05) is 30.3 Å². The molecule has 0 fully saturated rings. The van der Waals surface area contributed by atoms with E-state index in [2.05, 4.69) is 4.99 Å². The van der Waals surface area contributed by atoms with Gasteiger partial charge in [0.05, 0.1) is 38.9 Å². The summed E-state index contributed by atoms with van der Waals surface area (Å²) in [6, 6.07) is 22.3. The zero-order chi connectivity index (χ0) is 29.6. The second-order valence-corrected chi connectivity index (χ2v) is 10.4.